The molecule has 116 valence electrons. The standard InChI is InChI=1S/C14H16Cl3NO3/c1-2-7-18-13(19)9-5-3-4-6-10(9)14(20)21-8-11(15)12(16)17/h2-4,9-10H,1,5-8H2,(H,18,19). The number of amides is 1. The number of hydrogen-bond donors (Lipinski definition) is 1. The van der Waals surface area contributed by atoms with Gasteiger partial charge in [0.2, 0.25) is 5.91 Å². The lowest BCUT2D eigenvalue weighted by molar-refractivity contribution is -0.152. The maximum absolute atomic E-state index is 12.1. The molecule has 0 saturated carbocycles. The van der Waals surface area contributed by atoms with Gasteiger partial charge in [0, 0.05) is 6.54 Å². The van der Waals surface area contributed by atoms with Gasteiger partial charge in [-0.3, -0.25) is 9.59 Å². The summed E-state index contributed by atoms with van der Waals surface area (Å²) < 4.78 is 4.91. The predicted molar refractivity (Wildman–Crippen MR) is 84.1 cm³/mol. The molecule has 0 aromatic rings. The van der Waals surface area contributed by atoms with Crippen LogP contribution < -0.4 is 5.32 Å². The van der Waals surface area contributed by atoms with Crippen molar-refractivity contribution in [2.24, 2.45) is 11.8 Å². The highest BCUT2D eigenvalue weighted by Gasteiger charge is 2.35. The summed E-state index contributed by atoms with van der Waals surface area (Å²) in [6.45, 7) is 3.69. The number of rotatable bonds is 6. The molecule has 4 nitrogen and oxygen atoms in total. The topological polar surface area (TPSA) is 55.4 Å². The smallest absolute Gasteiger partial charge is 0.310 e. The summed E-state index contributed by atoms with van der Waals surface area (Å²) in [6, 6.07) is 0. The molecule has 7 heteroatoms. The molecule has 0 fully saturated rings. The van der Waals surface area contributed by atoms with Gasteiger partial charge in [0.05, 0.1) is 16.9 Å². The third-order valence-corrected chi connectivity index (χ3v) is 3.99. The van der Waals surface area contributed by atoms with Gasteiger partial charge in [-0.2, -0.15) is 0 Å². The van der Waals surface area contributed by atoms with E-state index in [4.69, 9.17) is 39.5 Å². The number of halogens is 3. The summed E-state index contributed by atoms with van der Waals surface area (Å²) in [6.07, 6.45) is 6.25. The van der Waals surface area contributed by atoms with Crippen LogP contribution in [0.3, 0.4) is 0 Å². The number of esters is 1. The number of carbonyl (C=O) groups excluding carboxylic acids is 2. The number of nitrogens with one attached hydrogen (secondary N) is 1. The van der Waals surface area contributed by atoms with Gasteiger partial charge >= 0.3 is 5.97 Å². The van der Waals surface area contributed by atoms with Gasteiger partial charge < -0.3 is 10.1 Å². The van der Waals surface area contributed by atoms with Crippen LogP contribution in [-0.2, 0) is 14.3 Å². The van der Waals surface area contributed by atoms with E-state index in [9.17, 15) is 9.59 Å². The zero-order valence-electron chi connectivity index (χ0n) is 11.3. The first-order chi connectivity index (χ1) is 9.97. The van der Waals surface area contributed by atoms with Gasteiger partial charge in [0.1, 0.15) is 11.1 Å². The van der Waals surface area contributed by atoms with Crippen molar-refractivity contribution in [2.75, 3.05) is 13.2 Å². The van der Waals surface area contributed by atoms with E-state index < -0.39 is 17.8 Å². The maximum Gasteiger partial charge on any atom is 0.310 e. The Morgan fingerprint density at radius 2 is 1.86 bits per heavy atom. The van der Waals surface area contributed by atoms with E-state index in [1.54, 1.807) is 6.08 Å². The highest BCUT2D eigenvalue weighted by atomic mass is 35.5. The average Bonchev–Trinajstić information content (AvgIpc) is 2.49. The Kier molecular flexibility index (Phi) is 7.86. The fraction of sp³-hybridized carbons (Fsp3) is 0.429. The molecule has 0 heterocycles. The molecule has 0 aliphatic heterocycles. The first kappa shape index (κ1) is 18.1. The minimum atomic E-state index is -0.543. The molecule has 0 radical (unpaired) electrons. The molecule has 0 aromatic carbocycles. The Morgan fingerprint density at radius 1 is 1.24 bits per heavy atom. The van der Waals surface area contributed by atoms with Crippen LogP contribution in [0.25, 0.3) is 0 Å². The normalized spacial score (nSPS) is 20.5. The number of allylic oxidation sites excluding steroid dienone is 2. The van der Waals surface area contributed by atoms with Gasteiger partial charge in [-0.05, 0) is 12.8 Å². The average molecular weight is 353 g/mol. The summed E-state index contributed by atoms with van der Waals surface area (Å²) in [4.78, 5) is 24.1. The van der Waals surface area contributed by atoms with E-state index in [2.05, 4.69) is 11.9 Å². The predicted octanol–water partition coefficient (Wildman–Crippen LogP) is 3.30. The first-order valence-corrected chi connectivity index (χ1v) is 7.50. The Labute approximate surface area is 138 Å². The molecular formula is C14H16Cl3NO3. The molecule has 2 atom stereocenters. The summed E-state index contributed by atoms with van der Waals surface area (Å²) in [5.74, 6) is -1.70. The Morgan fingerprint density at radius 3 is 2.43 bits per heavy atom. The molecule has 1 aliphatic rings. The van der Waals surface area contributed by atoms with Gasteiger partial charge in [0.25, 0.3) is 0 Å². The van der Waals surface area contributed by atoms with E-state index >= 15 is 0 Å². The van der Waals surface area contributed by atoms with Crippen molar-refractivity contribution in [1.82, 2.24) is 5.32 Å². The molecule has 0 aromatic heterocycles. The zero-order chi connectivity index (χ0) is 15.8. The third kappa shape index (κ3) is 5.73. The number of ether oxygens (including phenoxy) is 1. The molecule has 1 rings (SSSR count). The Balaban J connectivity index is 2.66. The lowest BCUT2D eigenvalue weighted by atomic mass is 9.82. The molecule has 1 aliphatic carbocycles. The molecule has 1 amide bonds. The van der Waals surface area contributed by atoms with Crippen LogP contribution in [0.4, 0.5) is 0 Å². The molecular weight excluding hydrogens is 337 g/mol. The maximum atomic E-state index is 12.1. The molecule has 21 heavy (non-hydrogen) atoms. The summed E-state index contributed by atoms with van der Waals surface area (Å²) in [5.41, 5.74) is 0. The van der Waals surface area contributed by atoms with E-state index in [0.29, 0.717) is 19.4 Å². The van der Waals surface area contributed by atoms with Crippen molar-refractivity contribution < 1.29 is 14.3 Å². The lowest BCUT2D eigenvalue weighted by Gasteiger charge is -2.25. The molecule has 2 unspecified atom stereocenters. The van der Waals surface area contributed by atoms with E-state index in [1.807, 2.05) is 12.2 Å². The summed E-state index contributed by atoms with van der Waals surface area (Å²) in [7, 11) is 0. The fourth-order valence-corrected chi connectivity index (χ4v) is 2.13. The van der Waals surface area contributed by atoms with E-state index in [-0.39, 0.29) is 22.0 Å². The monoisotopic (exact) mass is 351 g/mol. The van der Waals surface area contributed by atoms with Gasteiger partial charge in [-0.1, -0.05) is 53.0 Å². The Hall–Kier alpha value is -0.970. The second kappa shape index (κ2) is 9.13. The quantitative estimate of drug-likeness (QED) is 0.589. The van der Waals surface area contributed by atoms with Crippen LogP contribution in [-0.4, -0.2) is 25.0 Å². The van der Waals surface area contributed by atoms with Crippen LogP contribution in [0.2, 0.25) is 0 Å². The van der Waals surface area contributed by atoms with Crippen LogP contribution in [0.5, 0.6) is 0 Å². The van der Waals surface area contributed by atoms with Crippen LogP contribution in [0.1, 0.15) is 12.8 Å². The molecule has 1 N–H and O–H groups in total. The van der Waals surface area contributed by atoms with Crippen molar-refractivity contribution in [1.29, 1.82) is 0 Å². The van der Waals surface area contributed by atoms with Crippen molar-refractivity contribution in [3.8, 4) is 0 Å². The van der Waals surface area contributed by atoms with Crippen LogP contribution in [0.15, 0.2) is 34.3 Å². The zero-order valence-corrected chi connectivity index (χ0v) is 13.5. The Bertz CT molecular complexity index is 470. The minimum absolute atomic E-state index is 0.0469. The lowest BCUT2D eigenvalue weighted by Crippen LogP contribution is -2.39. The van der Waals surface area contributed by atoms with Crippen LogP contribution in [0, 0.1) is 11.8 Å². The summed E-state index contributed by atoms with van der Waals surface area (Å²) >= 11 is 16.6. The molecule has 0 bridgehead atoms. The molecule has 0 spiro atoms. The van der Waals surface area contributed by atoms with Crippen molar-refractivity contribution in [2.45, 2.75) is 12.8 Å². The second-order valence-electron chi connectivity index (χ2n) is 4.46. The van der Waals surface area contributed by atoms with Gasteiger partial charge in [0.15, 0.2) is 0 Å². The highest BCUT2D eigenvalue weighted by molar-refractivity contribution is 6.59. The molecule has 0 saturated heterocycles. The second-order valence-corrected chi connectivity index (χ2v) is 5.87. The summed E-state index contributed by atoms with van der Waals surface area (Å²) in [5, 5.41) is 2.74. The van der Waals surface area contributed by atoms with Crippen LogP contribution >= 0.6 is 34.8 Å². The van der Waals surface area contributed by atoms with Crippen molar-refractivity contribution >= 4 is 46.7 Å². The van der Waals surface area contributed by atoms with Gasteiger partial charge in [-0.25, -0.2) is 0 Å². The number of carbonyl (C=O) groups is 2. The van der Waals surface area contributed by atoms with Crippen molar-refractivity contribution in [3.05, 3.63) is 34.3 Å². The first-order valence-electron chi connectivity index (χ1n) is 6.37. The SMILES string of the molecule is C=CCNC(=O)C1CC=CCC1C(=O)OCC(Cl)=C(Cl)Cl. The third-order valence-electron chi connectivity index (χ3n) is 3.04. The van der Waals surface area contributed by atoms with Gasteiger partial charge in [-0.15, -0.1) is 6.58 Å². The van der Waals surface area contributed by atoms with E-state index in [0.717, 1.165) is 0 Å². The number of hydrogen-bond acceptors (Lipinski definition) is 3. The van der Waals surface area contributed by atoms with E-state index in [1.165, 1.54) is 0 Å². The highest BCUT2D eigenvalue weighted by Crippen LogP contribution is 2.27. The minimum Gasteiger partial charge on any atom is -0.460 e. The fourth-order valence-electron chi connectivity index (χ4n) is 1.96. The van der Waals surface area contributed by atoms with Crippen molar-refractivity contribution in [3.63, 3.8) is 0 Å². The largest absolute Gasteiger partial charge is 0.460 e.